The molecule has 1 aromatic rings. The number of morpholine rings is 1. The van der Waals surface area contributed by atoms with Crippen molar-refractivity contribution >= 4 is 10.0 Å². The van der Waals surface area contributed by atoms with Gasteiger partial charge in [-0.2, -0.15) is 4.31 Å². The number of ether oxygens (including phenoxy) is 2. The van der Waals surface area contributed by atoms with Crippen LogP contribution < -0.4 is 4.74 Å². The minimum atomic E-state index is -3.66. The number of rotatable bonds is 4. The van der Waals surface area contributed by atoms with Crippen molar-refractivity contribution in [3.63, 3.8) is 0 Å². The third-order valence-corrected chi connectivity index (χ3v) is 4.71. The Morgan fingerprint density at radius 1 is 1.37 bits per heavy atom. The molecule has 1 aromatic carbocycles. The van der Waals surface area contributed by atoms with E-state index in [2.05, 4.69) is 0 Å². The van der Waals surface area contributed by atoms with Crippen LogP contribution in [0.15, 0.2) is 23.1 Å². The molecule has 1 saturated heterocycles. The Morgan fingerprint density at radius 3 is 2.63 bits per heavy atom. The summed E-state index contributed by atoms with van der Waals surface area (Å²) in [6.07, 6.45) is 0. The van der Waals surface area contributed by atoms with E-state index in [1.54, 1.807) is 6.92 Å². The fourth-order valence-corrected chi connectivity index (χ4v) is 3.27. The highest BCUT2D eigenvalue weighted by Gasteiger charge is 2.27. The lowest BCUT2D eigenvalue weighted by Crippen LogP contribution is -2.40. The van der Waals surface area contributed by atoms with E-state index in [-0.39, 0.29) is 23.7 Å². The zero-order chi connectivity index (χ0) is 13.9. The van der Waals surface area contributed by atoms with E-state index in [1.165, 1.54) is 16.4 Å². The first-order chi connectivity index (χ1) is 9.05. The average Bonchev–Trinajstić information content (AvgIpc) is 2.42. The minimum absolute atomic E-state index is 0.0587. The monoisotopic (exact) mass is 289 g/mol. The average molecular weight is 289 g/mol. The molecule has 0 unspecified atom stereocenters. The summed E-state index contributed by atoms with van der Waals surface area (Å²) in [5.41, 5.74) is 0. The van der Waals surface area contributed by atoms with Crippen molar-refractivity contribution in [1.29, 1.82) is 0 Å². The van der Waals surface area contributed by atoms with Crippen molar-refractivity contribution in [2.24, 2.45) is 0 Å². The molecule has 0 N–H and O–H groups in total. The van der Waals surface area contributed by atoms with Gasteiger partial charge in [0.15, 0.2) is 11.6 Å². The summed E-state index contributed by atoms with van der Waals surface area (Å²) in [5.74, 6) is -0.611. The molecule has 1 aliphatic heterocycles. The molecule has 0 saturated carbocycles. The molecular formula is C12H16FNO4S. The number of sulfonamides is 1. The Hall–Kier alpha value is -1.18. The zero-order valence-electron chi connectivity index (χ0n) is 10.6. The van der Waals surface area contributed by atoms with Crippen molar-refractivity contribution in [3.05, 3.63) is 24.0 Å². The van der Waals surface area contributed by atoms with Crippen molar-refractivity contribution < 1.29 is 22.3 Å². The van der Waals surface area contributed by atoms with Crippen LogP contribution in [-0.4, -0.2) is 45.6 Å². The Labute approximate surface area is 112 Å². The second kappa shape index (κ2) is 5.85. The molecule has 1 heterocycles. The Kier molecular flexibility index (Phi) is 4.38. The zero-order valence-corrected chi connectivity index (χ0v) is 11.5. The van der Waals surface area contributed by atoms with E-state index in [0.29, 0.717) is 19.8 Å². The summed E-state index contributed by atoms with van der Waals surface area (Å²) in [6.45, 7) is 3.36. The maximum absolute atomic E-state index is 13.7. The van der Waals surface area contributed by atoms with E-state index < -0.39 is 15.8 Å². The van der Waals surface area contributed by atoms with Crippen LogP contribution in [-0.2, 0) is 14.8 Å². The Bertz CT molecular complexity index is 541. The first-order valence-electron chi connectivity index (χ1n) is 6.06. The number of halogens is 1. The second-order valence-corrected chi connectivity index (χ2v) is 5.98. The van der Waals surface area contributed by atoms with Gasteiger partial charge in [0.05, 0.1) is 24.7 Å². The number of benzene rings is 1. The van der Waals surface area contributed by atoms with Crippen molar-refractivity contribution in [1.82, 2.24) is 4.31 Å². The quantitative estimate of drug-likeness (QED) is 0.837. The van der Waals surface area contributed by atoms with E-state index in [9.17, 15) is 12.8 Å². The maximum Gasteiger partial charge on any atom is 0.243 e. The van der Waals surface area contributed by atoms with Crippen molar-refractivity contribution in [2.45, 2.75) is 11.8 Å². The van der Waals surface area contributed by atoms with Crippen LogP contribution in [0.4, 0.5) is 4.39 Å². The highest BCUT2D eigenvalue weighted by atomic mass is 32.2. The van der Waals surface area contributed by atoms with Crippen LogP contribution in [0.2, 0.25) is 0 Å². The van der Waals surface area contributed by atoms with Gasteiger partial charge in [0.2, 0.25) is 10.0 Å². The standard InChI is InChI=1S/C12H16FNO4S/c1-2-18-12-4-3-10(9-11(12)13)19(15,16)14-5-7-17-8-6-14/h3-4,9H,2,5-8H2,1H3. The van der Waals surface area contributed by atoms with E-state index in [0.717, 1.165) is 6.07 Å². The third-order valence-electron chi connectivity index (χ3n) is 2.81. The molecule has 1 aliphatic rings. The van der Waals surface area contributed by atoms with Gasteiger partial charge in [0, 0.05) is 13.1 Å². The predicted octanol–water partition coefficient (Wildman–Crippen LogP) is 1.25. The van der Waals surface area contributed by atoms with Gasteiger partial charge in [0.1, 0.15) is 0 Å². The smallest absolute Gasteiger partial charge is 0.243 e. The molecule has 0 aromatic heterocycles. The third kappa shape index (κ3) is 3.05. The lowest BCUT2D eigenvalue weighted by atomic mass is 10.3. The molecule has 106 valence electrons. The SMILES string of the molecule is CCOc1ccc(S(=O)(=O)N2CCOCC2)cc1F. The predicted molar refractivity (Wildman–Crippen MR) is 67.1 cm³/mol. The Morgan fingerprint density at radius 2 is 2.05 bits per heavy atom. The molecule has 5 nitrogen and oxygen atoms in total. The summed E-state index contributed by atoms with van der Waals surface area (Å²) in [4.78, 5) is -0.0599. The fourth-order valence-electron chi connectivity index (χ4n) is 1.85. The van der Waals surface area contributed by atoms with Crippen molar-refractivity contribution in [3.8, 4) is 5.75 Å². The van der Waals surface area contributed by atoms with Crippen LogP contribution >= 0.6 is 0 Å². The molecule has 2 rings (SSSR count). The summed E-state index contributed by atoms with van der Waals surface area (Å²) < 4.78 is 49.7. The summed E-state index contributed by atoms with van der Waals surface area (Å²) in [5, 5.41) is 0. The normalized spacial score (nSPS) is 17.4. The van der Waals surface area contributed by atoms with Crippen LogP contribution in [0.5, 0.6) is 5.75 Å². The molecule has 0 atom stereocenters. The molecular weight excluding hydrogens is 273 g/mol. The van der Waals surface area contributed by atoms with Gasteiger partial charge in [-0.05, 0) is 25.1 Å². The number of hydrogen-bond acceptors (Lipinski definition) is 4. The van der Waals surface area contributed by atoms with Crippen molar-refractivity contribution in [2.75, 3.05) is 32.9 Å². The van der Waals surface area contributed by atoms with Crippen LogP contribution in [0, 0.1) is 5.82 Å². The van der Waals surface area contributed by atoms with Gasteiger partial charge < -0.3 is 9.47 Å². The molecule has 0 spiro atoms. The summed E-state index contributed by atoms with van der Waals surface area (Å²) in [6, 6.07) is 3.70. The molecule has 19 heavy (non-hydrogen) atoms. The van der Waals surface area contributed by atoms with Gasteiger partial charge in [-0.1, -0.05) is 0 Å². The summed E-state index contributed by atoms with van der Waals surface area (Å²) in [7, 11) is -3.66. The van der Waals surface area contributed by atoms with E-state index in [4.69, 9.17) is 9.47 Å². The maximum atomic E-state index is 13.7. The van der Waals surface area contributed by atoms with Crippen LogP contribution in [0.1, 0.15) is 6.92 Å². The number of nitrogens with zero attached hydrogens (tertiary/aromatic N) is 1. The van der Waals surface area contributed by atoms with Gasteiger partial charge in [0.25, 0.3) is 0 Å². The highest BCUT2D eigenvalue weighted by molar-refractivity contribution is 7.89. The second-order valence-electron chi connectivity index (χ2n) is 4.04. The van der Waals surface area contributed by atoms with Crippen LogP contribution in [0.25, 0.3) is 0 Å². The first kappa shape index (κ1) is 14.2. The van der Waals surface area contributed by atoms with E-state index >= 15 is 0 Å². The van der Waals surface area contributed by atoms with Gasteiger partial charge in [-0.15, -0.1) is 0 Å². The Balaban J connectivity index is 2.27. The fraction of sp³-hybridized carbons (Fsp3) is 0.500. The lowest BCUT2D eigenvalue weighted by molar-refractivity contribution is 0.0730. The molecule has 1 fully saturated rings. The topological polar surface area (TPSA) is 55.8 Å². The molecule has 0 amide bonds. The lowest BCUT2D eigenvalue weighted by Gasteiger charge is -2.26. The summed E-state index contributed by atoms with van der Waals surface area (Å²) >= 11 is 0. The van der Waals surface area contributed by atoms with Gasteiger partial charge in [-0.3, -0.25) is 0 Å². The van der Waals surface area contributed by atoms with E-state index in [1.807, 2.05) is 0 Å². The highest BCUT2D eigenvalue weighted by Crippen LogP contribution is 2.23. The van der Waals surface area contributed by atoms with Crippen LogP contribution in [0.3, 0.4) is 0 Å². The molecule has 0 bridgehead atoms. The van der Waals surface area contributed by atoms with Gasteiger partial charge in [-0.25, -0.2) is 12.8 Å². The number of hydrogen-bond donors (Lipinski definition) is 0. The molecule has 0 radical (unpaired) electrons. The minimum Gasteiger partial charge on any atom is -0.491 e. The first-order valence-corrected chi connectivity index (χ1v) is 7.50. The largest absolute Gasteiger partial charge is 0.491 e. The molecule has 7 heteroatoms. The molecule has 0 aliphatic carbocycles. The van der Waals surface area contributed by atoms with Gasteiger partial charge >= 0.3 is 0 Å².